The molecule has 80 valence electrons. The van der Waals surface area contributed by atoms with Crippen molar-refractivity contribution in [2.24, 2.45) is 0 Å². The molecular formula is C10H10N6. The third-order valence-corrected chi connectivity index (χ3v) is 2.43. The Labute approximate surface area is 91.4 Å². The summed E-state index contributed by atoms with van der Waals surface area (Å²) in [5.74, 6) is 1.54. The van der Waals surface area contributed by atoms with Crippen LogP contribution in [0.1, 0.15) is 12.7 Å². The fourth-order valence-corrected chi connectivity index (χ4v) is 1.58. The lowest BCUT2D eigenvalue weighted by molar-refractivity contribution is 0.946. The fraction of sp³-hybridized carbons (Fsp3) is 0.200. The lowest BCUT2D eigenvalue weighted by Crippen LogP contribution is -1.86. The number of hydrogen-bond acceptors (Lipinski definition) is 4. The second-order valence-electron chi connectivity index (χ2n) is 3.42. The topological polar surface area (TPSA) is 71.8 Å². The molecule has 0 fully saturated rings. The Hall–Kier alpha value is -2.24. The van der Waals surface area contributed by atoms with Crippen molar-refractivity contribution in [1.29, 1.82) is 0 Å². The Morgan fingerprint density at radius 3 is 3.12 bits per heavy atom. The number of aryl methyl sites for hydroxylation is 1. The number of hydrogen-bond donors (Lipinski definition) is 1. The van der Waals surface area contributed by atoms with Crippen molar-refractivity contribution in [1.82, 2.24) is 29.8 Å². The number of fused-ring (bicyclic) bond motifs is 1. The molecule has 6 nitrogen and oxygen atoms in total. The maximum Gasteiger partial charge on any atom is 0.185 e. The van der Waals surface area contributed by atoms with Crippen LogP contribution in [0.25, 0.3) is 16.9 Å². The van der Waals surface area contributed by atoms with Gasteiger partial charge in [-0.1, -0.05) is 6.92 Å². The van der Waals surface area contributed by atoms with E-state index in [0.29, 0.717) is 5.82 Å². The van der Waals surface area contributed by atoms with Gasteiger partial charge in [0.2, 0.25) is 0 Å². The van der Waals surface area contributed by atoms with Gasteiger partial charge in [0.15, 0.2) is 5.82 Å². The molecule has 0 saturated carbocycles. The molecule has 1 N–H and O–H groups in total. The summed E-state index contributed by atoms with van der Waals surface area (Å²) in [6.45, 7) is 2.03. The van der Waals surface area contributed by atoms with Crippen LogP contribution in [0, 0.1) is 0 Å². The summed E-state index contributed by atoms with van der Waals surface area (Å²) in [5, 5.41) is 11.3. The molecule has 0 radical (unpaired) electrons. The van der Waals surface area contributed by atoms with E-state index in [1.165, 1.54) is 0 Å². The molecule has 0 saturated heterocycles. The first-order valence-electron chi connectivity index (χ1n) is 5.07. The minimum atomic E-state index is 0.667. The fourth-order valence-electron chi connectivity index (χ4n) is 1.58. The van der Waals surface area contributed by atoms with Crippen molar-refractivity contribution in [3.63, 3.8) is 0 Å². The molecule has 0 aliphatic heterocycles. The summed E-state index contributed by atoms with van der Waals surface area (Å²) in [4.78, 5) is 8.45. The highest BCUT2D eigenvalue weighted by Crippen LogP contribution is 2.19. The second kappa shape index (κ2) is 3.41. The van der Waals surface area contributed by atoms with Gasteiger partial charge < -0.3 is 0 Å². The molecule has 3 aromatic rings. The van der Waals surface area contributed by atoms with Crippen molar-refractivity contribution in [2.45, 2.75) is 13.3 Å². The van der Waals surface area contributed by atoms with Gasteiger partial charge in [-0.05, 0) is 0 Å². The molecule has 0 aliphatic carbocycles. The zero-order valence-electron chi connectivity index (χ0n) is 8.75. The highest BCUT2D eigenvalue weighted by Gasteiger charge is 2.10. The summed E-state index contributed by atoms with van der Waals surface area (Å²) in [5.41, 5.74) is 1.80. The number of aromatic amines is 1. The number of H-pyrrole nitrogens is 1. The van der Waals surface area contributed by atoms with Crippen molar-refractivity contribution >= 4 is 5.52 Å². The Morgan fingerprint density at radius 2 is 2.31 bits per heavy atom. The van der Waals surface area contributed by atoms with Gasteiger partial charge in [0.25, 0.3) is 0 Å². The first-order chi connectivity index (χ1) is 7.88. The van der Waals surface area contributed by atoms with Gasteiger partial charge in [0, 0.05) is 18.8 Å². The molecule has 0 unspecified atom stereocenters. The Kier molecular flexibility index (Phi) is 1.92. The Balaban J connectivity index is 2.18. The highest BCUT2D eigenvalue weighted by atomic mass is 15.2. The predicted octanol–water partition coefficient (Wildman–Crippen LogP) is 1.08. The molecule has 0 aliphatic rings. The van der Waals surface area contributed by atoms with Gasteiger partial charge in [-0.15, -0.1) is 0 Å². The lowest BCUT2D eigenvalue weighted by Gasteiger charge is -1.92. The summed E-state index contributed by atoms with van der Waals surface area (Å²) < 4.78 is 1.75. The van der Waals surface area contributed by atoms with Crippen molar-refractivity contribution in [2.75, 3.05) is 0 Å². The number of nitrogens with zero attached hydrogens (tertiary/aromatic N) is 5. The monoisotopic (exact) mass is 214 g/mol. The summed E-state index contributed by atoms with van der Waals surface area (Å²) >= 11 is 0. The first-order valence-corrected chi connectivity index (χ1v) is 5.07. The van der Waals surface area contributed by atoms with Crippen LogP contribution in [-0.4, -0.2) is 29.8 Å². The molecule has 16 heavy (non-hydrogen) atoms. The molecule has 3 aromatic heterocycles. The highest BCUT2D eigenvalue weighted by molar-refractivity contribution is 5.74. The molecule has 0 atom stereocenters. The standard InChI is InChI=1S/C10H10N6/c1-2-9-13-10(15-14-9)7-5-12-16-4-3-11-6-8(7)16/h3-6H,2H2,1H3,(H,13,14,15). The molecule has 3 heterocycles. The number of aromatic nitrogens is 6. The average molecular weight is 214 g/mol. The minimum absolute atomic E-state index is 0.667. The van der Waals surface area contributed by atoms with Crippen LogP contribution in [0.15, 0.2) is 24.8 Å². The van der Waals surface area contributed by atoms with E-state index in [2.05, 4.69) is 25.3 Å². The van der Waals surface area contributed by atoms with Crippen LogP contribution >= 0.6 is 0 Å². The zero-order valence-corrected chi connectivity index (χ0v) is 8.75. The average Bonchev–Trinajstić information content (AvgIpc) is 2.94. The smallest absolute Gasteiger partial charge is 0.185 e. The summed E-state index contributed by atoms with van der Waals surface area (Å²) in [6.07, 6.45) is 7.83. The summed E-state index contributed by atoms with van der Waals surface area (Å²) in [7, 11) is 0. The van der Waals surface area contributed by atoms with E-state index in [9.17, 15) is 0 Å². The van der Waals surface area contributed by atoms with Crippen LogP contribution in [0.5, 0.6) is 0 Å². The summed E-state index contributed by atoms with van der Waals surface area (Å²) in [6, 6.07) is 0. The molecule has 0 amide bonds. The molecule has 0 bridgehead atoms. The molecule has 0 aromatic carbocycles. The zero-order chi connectivity index (χ0) is 11.0. The first kappa shape index (κ1) is 9.02. The second-order valence-corrected chi connectivity index (χ2v) is 3.42. The van der Waals surface area contributed by atoms with E-state index in [4.69, 9.17) is 0 Å². The SMILES string of the molecule is CCc1nc(-c2cnn3ccncc23)n[nH]1. The minimum Gasteiger partial charge on any atom is -0.263 e. The van der Waals surface area contributed by atoms with E-state index in [0.717, 1.165) is 23.3 Å². The van der Waals surface area contributed by atoms with Gasteiger partial charge in [0.1, 0.15) is 5.82 Å². The van der Waals surface area contributed by atoms with Crippen molar-refractivity contribution < 1.29 is 0 Å². The van der Waals surface area contributed by atoms with Crippen molar-refractivity contribution in [3.8, 4) is 11.4 Å². The Morgan fingerprint density at radius 1 is 1.38 bits per heavy atom. The van der Waals surface area contributed by atoms with Gasteiger partial charge in [-0.25, -0.2) is 9.50 Å². The van der Waals surface area contributed by atoms with Crippen LogP contribution in [0.3, 0.4) is 0 Å². The largest absolute Gasteiger partial charge is 0.263 e. The van der Waals surface area contributed by atoms with E-state index >= 15 is 0 Å². The normalized spacial score (nSPS) is 11.1. The van der Waals surface area contributed by atoms with Crippen LogP contribution in [0.4, 0.5) is 0 Å². The third kappa shape index (κ3) is 1.27. The maximum atomic E-state index is 4.37. The van der Waals surface area contributed by atoms with E-state index < -0.39 is 0 Å². The molecular weight excluding hydrogens is 204 g/mol. The van der Waals surface area contributed by atoms with Crippen LogP contribution in [0.2, 0.25) is 0 Å². The third-order valence-electron chi connectivity index (χ3n) is 2.43. The maximum absolute atomic E-state index is 4.37. The molecule has 0 spiro atoms. The van der Waals surface area contributed by atoms with Gasteiger partial charge in [-0.3, -0.25) is 10.1 Å². The van der Waals surface area contributed by atoms with Crippen LogP contribution < -0.4 is 0 Å². The molecule has 6 heteroatoms. The Bertz CT molecular complexity index is 623. The predicted molar refractivity (Wildman–Crippen MR) is 57.7 cm³/mol. The van der Waals surface area contributed by atoms with Gasteiger partial charge in [-0.2, -0.15) is 10.2 Å². The lowest BCUT2D eigenvalue weighted by atomic mass is 10.3. The number of rotatable bonds is 2. The van der Waals surface area contributed by atoms with Gasteiger partial charge >= 0.3 is 0 Å². The van der Waals surface area contributed by atoms with E-state index in [1.807, 2.05) is 6.92 Å². The van der Waals surface area contributed by atoms with E-state index in [1.54, 1.807) is 29.3 Å². The number of nitrogens with one attached hydrogen (secondary N) is 1. The quantitative estimate of drug-likeness (QED) is 0.692. The molecule has 3 rings (SSSR count). The van der Waals surface area contributed by atoms with Crippen LogP contribution in [-0.2, 0) is 6.42 Å². The van der Waals surface area contributed by atoms with E-state index in [-0.39, 0.29) is 0 Å². The van der Waals surface area contributed by atoms with Gasteiger partial charge in [0.05, 0.1) is 23.5 Å². The van der Waals surface area contributed by atoms with Crippen molar-refractivity contribution in [3.05, 3.63) is 30.6 Å².